The molecule has 20 heavy (non-hydrogen) atoms. The predicted octanol–water partition coefficient (Wildman–Crippen LogP) is 2.17. The number of allylic oxidation sites excluding steroid dienone is 1. The van der Waals surface area contributed by atoms with E-state index in [-0.39, 0.29) is 12.1 Å². The summed E-state index contributed by atoms with van der Waals surface area (Å²) < 4.78 is 24.0. The lowest BCUT2D eigenvalue weighted by Gasteiger charge is -2.31. The summed E-state index contributed by atoms with van der Waals surface area (Å²) in [6.07, 6.45) is 5.06. The highest BCUT2D eigenvalue weighted by Gasteiger charge is 2.26. The van der Waals surface area contributed by atoms with Crippen LogP contribution in [-0.4, -0.2) is 41.9 Å². The summed E-state index contributed by atoms with van der Waals surface area (Å²) in [6.45, 7) is 5.82. The van der Waals surface area contributed by atoms with Crippen LogP contribution in [0.4, 0.5) is 10.3 Å². The number of hydrogen-bond acceptors (Lipinski definition) is 5. The van der Waals surface area contributed by atoms with E-state index >= 15 is 0 Å². The second-order valence-corrected chi connectivity index (χ2v) is 4.99. The van der Waals surface area contributed by atoms with Crippen molar-refractivity contribution in [2.75, 3.05) is 25.1 Å². The van der Waals surface area contributed by atoms with Gasteiger partial charge in [-0.1, -0.05) is 11.6 Å². The van der Waals surface area contributed by atoms with E-state index in [0.29, 0.717) is 25.8 Å². The number of hydrogen-bond donors (Lipinski definition) is 1. The Labute approximate surface area is 118 Å². The van der Waals surface area contributed by atoms with Crippen molar-refractivity contribution in [2.24, 2.45) is 0 Å². The Kier molecular flexibility index (Phi) is 5.43. The van der Waals surface area contributed by atoms with Gasteiger partial charge in [0.25, 0.3) is 0 Å². The molecule has 1 fully saturated rings. The molecule has 0 bridgehead atoms. The largest absolute Gasteiger partial charge is 0.379 e. The van der Waals surface area contributed by atoms with E-state index in [1.54, 1.807) is 0 Å². The van der Waals surface area contributed by atoms with Gasteiger partial charge in [-0.05, 0) is 20.3 Å². The third-order valence-corrected chi connectivity index (χ3v) is 3.04. The molecule has 1 aromatic heterocycles. The van der Waals surface area contributed by atoms with Crippen molar-refractivity contribution in [3.05, 3.63) is 29.9 Å². The van der Waals surface area contributed by atoms with Gasteiger partial charge in [-0.25, -0.2) is 14.4 Å². The van der Waals surface area contributed by atoms with Crippen LogP contribution in [-0.2, 0) is 9.47 Å². The molecule has 0 radical (unpaired) electrons. The van der Waals surface area contributed by atoms with E-state index in [0.717, 1.165) is 18.8 Å². The Morgan fingerprint density at radius 1 is 1.50 bits per heavy atom. The van der Waals surface area contributed by atoms with E-state index in [2.05, 4.69) is 15.3 Å². The minimum atomic E-state index is -0.445. The minimum absolute atomic E-state index is 0.0620. The summed E-state index contributed by atoms with van der Waals surface area (Å²) in [5.74, 6) is -0.0343. The summed E-state index contributed by atoms with van der Waals surface area (Å²) in [7, 11) is 0. The van der Waals surface area contributed by atoms with Crippen LogP contribution in [0.25, 0.3) is 0 Å². The van der Waals surface area contributed by atoms with Crippen molar-refractivity contribution in [1.29, 1.82) is 0 Å². The molecule has 1 saturated heterocycles. The molecule has 0 aromatic carbocycles. The number of ether oxygens (including phenoxy) is 2. The van der Waals surface area contributed by atoms with Gasteiger partial charge in [0, 0.05) is 6.61 Å². The first-order valence-electron chi connectivity index (χ1n) is 6.72. The van der Waals surface area contributed by atoms with Crippen LogP contribution in [0, 0.1) is 5.82 Å². The molecular weight excluding hydrogens is 261 g/mol. The monoisotopic (exact) mass is 281 g/mol. The number of aromatic nitrogens is 2. The summed E-state index contributed by atoms with van der Waals surface area (Å²) in [5, 5.41) is 3.18. The molecule has 1 N–H and O–H groups in total. The zero-order valence-corrected chi connectivity index (χ0v) is 11.8. The van der Waals surface area contributed by atoms with Gasteiger partial charge in [0.1, 0.15) is 6.10 Å². The van der Waals surface area contributed by atoms with E-state index < -0.39 is 5.82 Å². The molecule has 2 rings (SSSR count). The standard InChI is InChI=1S/C14H20FN3O2/c1-10(2)3-6-20-13-9-19-5-4-12(13)18-14-16-7-11(15)8-17-14/h3,7-8,12-13H,4-6,9H2,1-2H3,(H,16,17,18)/t12-,13-/m1/s1. The quantitative estimate of drug-likeness (QED) is 0.838. The fraction of sp³-hybridized carbons (Fsp3) is 0.571. The molecule has 2 heterocycles. The van der Waals surface area contributed by atoms with Gasteiger partial charge < -0.3 is 14.8 Å². The van der Waals surface area contributed by atoms with Crippen molar-refractivity contribution in [3.8, 4) is 0 Å². The van der Waals surface area contributed by atoms with Crippen molar-refractivity contribution >= 4 is 5.95 Å². The molecule has 5 nitrogen and oxygen atoms in total. The predicted molar refractivity (Wildman–Crippen MR) is 74.0 cm³/mol. The lowest BCUT2D eigenvalue weighted by atomic mass is 10.1. The number of halogens is 1. The van der Waals surface area contributed by atoms with Gasteiger partial charge in [0.2, 0.25) is 5.95 Å². The first-order chi connectivity index (χ1) is 9.65. The van der Waals surface area contributed by atoms with Crippen molar-refractivity contribution in [2.45, 2.75) is 32.4 Å². The third-order valence-electron chi connectivity index (χ3n) is 3.04. The van der Waals surface area contributed by atoms with Gasteiger partial charge in [0.05, 0.1) is 31.6 Å². The molecule has 1 aliphatic rings. The summed E-state index contributed by atoms with van der Waals surface area (Å²) in [5.41, 5.74) is 1.22. The van der Waals surface area contributed by atoms with Crippen LogP contribution in [0.1, 0.15) is 20.3 Å². The second-order valence-electron chi connectivity index (χ2n) is 4.99. The topological polar surface area (TPSA) is 56.3 Å². The lowest BCUT2D eigenvalue weighted by molar-refractivity contribution is -0.0483. The maximum Gasteiger partial charge on any atom is 0.223 e. The number of rotatable bonds is 5. The number of nitrogens with zero attached hydrogens (tertiary/aromatic N) is 2. The van der Waals surface area contributed by atoms with Gasteiger partial charge >= 0.3 is 0 Å². The zero-order chi connectivity index (χ0) is 14.4. The molecule has 0 unspecified atom stereocenters. The van der Waals surface area contributed by atoms with E-state index in [1.807, 2.05) is 19.9 Å². The van der Waals surface area contributed by atoms with Gasteiger partial charge in [-0.3, -0.25) is 0 Å². The lowest BCUT2D eigenvalue weighted by Crippen LogP contribution is -2.44. The van der Waals surface area contributed by atoms with Crippen molar-refractivity contribution in [1.82, 2.24) is 9.97 Å². The molecule has 6 heteroatoms. The van der Waals surface area contributed by atoms with Crippen molar-refractivity contribution < 1.29 is 13.9 Å². The van der Waals surface area contributed by atoms with Crippen molar-refractivity contribution in [3.63, 3.8) is 0 Å². The van der Waals surface area contributed by atoms with Crippen LogP contribution in [0.3, 0.4) is 0 Å². The maximum absolute atomic E-state index is 12.8. The molecule has 0 saturated carbocycles. The fourth-order valence-corrected chi connectivity index (χ4v) is 1.93. The Morgan fingerprint density at radius 2 is 2.25 bits per heavy atom. The molecule has 0 amide bonds. The summed E-state index contributed by atoms with van der Waals surface area (Å²) in [4.78, 5) is 7.82. The Hall–Kier alpha value is -1.53. The Morgan fingerprint density at radius 3 is 2.95 bits per heavy atom. The van der Waals surface area contributed by atoms with Crippen LogP contribution in [0.5, 0.6) is 0 Å². The smallest absolute Gasteiger partial charge is 0.223 e. The number of anilines is 1. The first-order valence-corrected chi connectivity index (χ1v) is 6.72. The normalized spacial score (nSPS) is 22.4. The average molecular weight is 281 g/mol. The number of nitrogens with one attached hydrogen (secondary N) is 1. The minimum Gasteiger partial charge on any atom is -0.379 e. The fourth-order valence-electron chi connectivity index (χ4n) is 1.93. The highest BCUT2D eigenvalue weighted by molar-refractivity contribution is 5.25. The van der Waals surface area contributed by atoms with E-state index in [1.165, 1.54) is 5.57 Å². The first kappa shape index (κ1) is 14.9. The van der Waals surface area contributed by atoms with Crippen LogP contribution >= 0.6 is 0 Å². The van der Waals surface area contributed by atoms with E-state index in [4.69, 9.17) is 9.47 Å². The summed E-state index contributed by atoms with van der Waals surface area (Å²) in [6, 6.07) is 0.0692. The molecular formula is C14H20FN3O2. The highest BCUT2D eigenvalue weighted by Crippen LogP contribution is 2.15. The molecule has 0 spiro atoms. The third kappa shape index (κ3) is 4.54. The van der Waals surface area contributed by atoms with Gasteiger partial charge in [-0.15, -0.1) is 0 Å². The van der Waals surface area contributed by atoms with E-state index in [9.17, 15) is 4.39 Å². The molecule has 1 aliphatic heterocycles. The molecule has 1 aromatic rings. The molecule has 0 aliphatic carbocycles. The van der Waals surface area contributed by atoms with Crippen LogP contribution in [0.15, 0.2) is 24.0 Å². The molecule has 110 valence electrons. The Balaban J connectivity index is 1.92. The average Bonchev–Trinajstić information content (AvgIpc) is 2.43. The molecule has 2 atom stereocenters. The maximum atomic E-state index is 12.8. The van der Waals surface area contributed by atoms with Gasteiger partial charge in [0.15, 0.2) is 5.82 Å². The summed E-state index contributed by atoms with van der Waals surface area (Å²) >= 11 is 0. The van der Waals surface area contributed by atoms with Crippen LogP contribution in [0.2, 0.25) is 0 Å². The van der Waals surface area contributed by atoms with Crippen LogP contribution < -0.4 is 5.32 Å². The SMILES string of the molecule is CC(C)=CCO[C@@H]1COCC[C@H]1Nc1ncc(F)cn1. The highest BCUT2D eigenvalue weighted by atomic mass is 19.1. The zero-order valence-electron chi connectivity index (χ0n) is 11.8. The van der Waals surface area contributed by atoms with Gasteiger partial charge in [-0.2, -0.15) is 0 Å². The second kappa shape index (κ2) is 7.31. The Bertz CT molecular complexity index is 446.